The first-order valence-electron chi connectivity index (χ1n) is 5.36. The molecule has 0 aromatic carbocycles. The second-order valence-corrected chi connectivity index (χ2v) is 4.14. The molecule has 1 rings (SSSR count). The highest BCUT2D eigenvalue weighted by atomic mass is 19.3. The van der Waals surface area contributed by atoms with Crippen molar-refractivity contribution in [3.63, 3.8) is 0 Å². The molecule has 2 nitrogen and oxygen atoms in total. The van der Waals surface area contributed by atoms with Crippen molar-refractivity contribution >= 4 is 0 Å². The van der Waals surface area contributed by atoms with Crippen molar-refractivity contribution < 1.29 is 8.78 Å². The Labute approximate surface area is 84.7 Å². The maximum atomic E-state index is 12.0. The van der Waals surface area contributed by atoms with Crippen molar-refractivity contribution in [2.24, 2.45) is 5.92 Å². The predicted molar refractivity (Wildman–Crippen MR) is 53.7 cm³/mol. The lowest BCUT2D eigenvalue weighted by molar-refractivity contribution is 0.0967. The van der Waals surface area contributed by atoms with Crippen molar-refractivity contribution in [2.75, 3.05) is 33.2 Å². The van der Waals surface area contributed by atoms with E-state index in [0.717, 1.165) is 32.0 Å². The molecule has 1 heterocycles. The lowest BCUT2D eigenvalue weighted by Gasteiger charge is -2.25. The Morgan fingerprint density at radius 3 is 2.57 bits per heavy atom. The van der Waals surface area contributed by atoms with E-state index in [-0.39, 0.29) is 6.54 Å². The van der Waals surface area contributed by atoms with Gasteiger partial charge in [-0.1, -0.05) is 0 Å². The molecule has 1 saturated heterocycles. The minimum Gasteiger partial charge on any atom is -0.317 e. The molecule has 0 spiro atoms. The van der Waals surface area contributed by atoms with E-state index in [1.165, 1.54) is 12.8 Å². The quantitative estimate of drug-likeness (QED) is 0.734. The number of rotatable bonds is 5. The van der Waals surface area contributed by atoms with Gasteiger partial charge in [0.2, 0.25) is 0 Å². The fraction of sp³-hybridized carbons (Fsp3) is 1.00. The number of halogens is 2. The molecule has 84 valence electrons. The van der Waals surface area contributed by atoms with Crippen LogP contribution in [0.4, 0.5) is 8.78 Å². The van der Waals surface area contributed by atoms with E-state index in [2.05, 4.69) is 5.32 Å². The van der Waals surface area contributed by atoms with Crippen LogP contribution in [-0.4, -0.2) is 44.6 Å². The Hall–Kier alpha value is -0.220. The van der Waals surface area contributed by atoms with Gasteiger partial charge in [0.05, 0.1) is 6.54 Å². The SMILES string of the molecule is CN(CCC1CCNCC1)CC(F)F. The number of alkyl halides is 2. The average molecular weight is 206 g/mol. The van der Waals surface area contributed by atoms with Gasteiger partial charge in [-0.2, -0.15) is 0 Å². The fourth-order valence-electron chi connectivity index (χ4n) is 1.90. The Morgan fingerprint density at radius 2 is 2.00 bits per heavy atom. The summed E-state index contributed by atoms with van der Waals surface area (Å²) in [6.07, 6.45) is 1.25. The van der Waals surface area contributed by atoms with Gasteiger partial charge in [-0.25, -0.2) is 8.78 Å². The second kappa shape index (κ2) is 6.30. The molecule has 0 aliphatic carbocycles. The zero-order chi connectivity index (χ0) is 10.4. The molecule has 14 heavy (non-hydrogen) atoms. The topological polar surface area (TPSA) is 15.3 Å². The monoisotopic (exact) mass is 206 g/mol. The van der Waals surface area contributed by atoms with Crippen LogP contribution in [0, 0.1) is 5.92 Å². The molecular formula is C10H20F2N2. The van der Waals surface area contributed by atoms with Gasteiger partial charge >= 0.3 is 0 Å². The molecule has 0 aromatic heterocycles. The molecule has 1 aliphatic heterocycles. The minimum atomic E-state index is -2.20. The Morgan fingerprint density at radius 1 is 1.36 bits per heavy atom. The van der Waals surface area contributed by atoms with Gasteiger partial charge in [-0.05, 0) is 51.9 Å². The summed E-state index contributed by atoms with van der Waals surface area (Å²) in [5.74, 6) is 0.733. The third kappa shape index (κ3) is 4.86. The first-order chi connectivity index (χ1) is 6.68. The summed E-state index contributed by atoms with van der Waals surface area (Å²) >= 11 is 0. The standard InChI is InChI=1S/C10H20F2N2/c1-14(8-10(11)12)7-4-9-2-5-13-6-3-9/h9-10,13H,2-8H2,1H3. The zero-order valence-electron chi connectivity index (χ0n) is 8.81. The number of nitrogens with zero attached hydrogens (tertiary/aromatic N) is 1. The highest BCUT2D eigenvalue weighted by Gasteiger charge is 2.14. The number of hydrogen-bond donors (Lipinski definition) is 1. The van der Waals surface area contributed by atoms with E-state index < -0.39 is 6.43 Å². The molecule has 4 heteroatoms. The van der Waals surface area contributed by atoms with E-state index in [1.807, 2.05) is 0 Å². The molecule has 0 amide bonds. The van der Waals surface area contributed by atoms with Crippen LogP contribution in [0.25, 0.3) is 0 Å². The first kappa shape index (κ1) is 11.9. The molecule has 0 atom stereocenters. The summed E-state index contributed by atoms with van der Waals surface area (Å²) in [5.41, 5.74) is 0. The number of hydrogen-bond acceptors (Lipinski definition) is 2. The minimum absolute atomic E-state index is 0.0923. The highest BCUT2D eigenvalue weighted by Crippen LogP contribution is 2.16. The van der Waals surface area contributed by atoms with Gasteiger partial charge in [0.15, 0.2) is 0 Å². The molecule has 1 aliphatic rings. The third-order valence-electron chi connectivity index (χ3n) is 2.83. The lowest BCUT2D eigenvalue weighted by atomic mass is 9.94. The van der Waals surface area contributed by atoms with Crippen molar-refractivity contribution in [3.8, 4) is 0 Å². The predicted octanol–water partition coefficient (Wildman–Crippen LogP) is 1.57. The van der Waals surface area contributed by atoms with Crippen molar-refractivity contribution in [1.29, 1.82) is 0 Å². The summed E-state index contributed by atoms with van der Waals surface area (Å²) in [6, 6.07) is 0. The van der Waals surface area contributed by atoms with Crippen LogP contribution in [0.5, 0.6) is 0 Å². The van der Waals surface area contributed by atoms with E-state index in [1.54, 1.807) is 11.9 Å². The molecule has 0 aromatic rings. The fourth-order valence-corrected chi connectivity index (χ4v) is 1.90. The van der Waals surface area contributed by atoms with Crippen LogP contribution < -0.4 is 5.32 Å². The summed E-state index contributed by atoms with van der Waals surface area (Å²) < 4.78 is 24.0. The molecule has 0 bridgehead atoms. The van der Waals surface area contributed by atoms with Gasteiger partial charge in [0, 0.05) is 0 Å². The van der Waals surface area contributed by atoms with Crippen LogP contribution in [-0.2, 0) is 0 Å². The molecule has 0 unspecified atom stereocenters. The van der Waals surface area contributed by atoms with Crippen molar-refractivity contribution in [1.82, 2.24) is 10.2 Å². The van der Waals surface area contributed by atoms with Crippen molar-refractivity contribution in [3.05, 3.63) is 0 Å². The molecular weight excluding hydrogens is 186 g/mol. The number of piperidine rings is 1. The van der Waals surface area contributed by atoms with Crippen LogP contribution >= 0.6 is 0 Å². The molecule has 0 saturated carbocycles. The zero-order valence-corrected chi connectivity index (χ0v) is 8.81. The first-order valence-corrected chi connectivity index (χ1v) is 5.36. The van der Waals surface area contributed by atoms with Gasteiger partial charge in [-0.15, -0.1) is 0 Å². The summed E-state index contributed by atoms with van der Waals surface area (Å²) in [6.45, 7) is 2.88. The highest BCUT2D eigenvalue weighted by molar-refractivity contribution is 4.69. The van der Waals surface area contributed by atoms with Crippen LogP contribution in [0.15, 0.2) is 0 Å². The Balaban J connectivity index is 2.06. The van der Waals surface area contributed by atoms with Crippen molar-refractivity contribution in [2.45, 2.75) is 25.7 Å². The smallest absolute Gasteiger partial charge is 0.251 e. The Kier molecular flexibility index (Phi) is 5.33. The Bertz CT molecular complexity index is 147. The van der Waals surface area contributed by atoms with E-state index in [9.17, 15) is 8.78 Å². The van der Waals surface area contributed by atoms with Crippen LogP contribution in [0.2, 0.25) is 0 Å². The third-order valence-corrected chi connectivity index (χ3v) is 2.83. The molecule has 0 radical (unpaired) electrons. The van der Waals surface area contributed by atoms with Gasteiger partial charge in [0.25, 0.3) is 6.43 Å². The summed E-state index contributed by atoms with van der Waals surface area (Å²) in [7, 11) is 1.77. The number of nitrogens with one attached hydrogen (secondary N) is 1. The van der Waals surface area contributed by atoms with E-state index in [0.29, 0.717) is 0 Å². The average Bonchev–Trinajstić information content (AvgIpc) is 2.15. The molecule has 1 N–H and O–H groups in total. The second-order valence-electron chi connectivity index (χ2n) is 4.14. The largest absolute Gasteiger partial charge is 0.317 e. The lowest BCUT2D eigenvalue weighted by Crippen LogP contribution is -2.31. The van der Waals surface area contributed by atoms with Crippen LogP contribution in [0.3, 0.4) is 0 Å². The van der Waals surface area contributed by atoms with E-state index in [4.69, 9.17) is 0 Å². The van der Waals surface area contributed by atoms with Gasteiger partial charge < -0.3 is 10.2 Å². The van der Waals surface area contributed by atoms with Gasteiger partial charge in [-0.3, -0.25) is 0 Å². The summed E-state index contributed by atoms with van der Waals surface area (Å²) in [5, 5.41) is 3.30. The van der Waals surface area contributed by atoms with Crippen LogP contribution in [0.1, 0.15) is 19.3 Å². The van der Waals surface area contributed by atoms with Gasteiger partial charge in [0.1, 0.15) is 0 Å². The maximum absolute atomic E-state index is 12.0. The van der Waals surface area contributed by atoms with E-state index >= 15 is 0 Å². The summed E-state index contributed by atoms with van der Waals surface area (Å²) in [4.78, 5) is 1.73. The normalized spacial score (nSPS) is 19.5. The maximum Gasteiger partial charge on any atom is 0.251 e. The molecule has 1 fully saturated rings.